The Hall–Kier alpha value is -3.08. The van der Waals surface area contributed by atoms with Gasteiger partial charge in [0.15, 0.2) is 17.2 Å². The summed E-state index contributed by atoms with van der Waals surface area (Å²) in [6, 6.07) is 14.0. The first-order chi connectivity index (χ1) is 10.7. The maximum Gasteiger partial charge on any atom is 0.363 e. The third kappa shape index (κ3) is 2.69. The zero-order valence-electron chi connectivity index (χ0n) is 11.8. The Morgan fingerprint density at radius 2 is 1.95 bits per heavy atom. The molecule has 0 radical (unpaired) electrons. The van der Waals surface area contributed by atoms with E-state index >= 15 is 0 Å². The van der Waals surface area contributed by atoms with Crippen LogP contribution >= 0.6 is 0 Å². The number of methoxy groups -OCH3 is 1. The number of benzene rings is 2. The first-order valence-corrected chi connectivity index (χ1v) is 6.62. The fourth-order valence-corrected chi connectivity index (χ4v) is 2.07. The van der Waals surface area contributed by atoms with E-state index in [-0.39, 0.29) is 17.3 Å². The molecule has 0 saturated heterocycles. The summed E-state index contributed by atoms with van der Waals surface area (Å²) in [6.45, 7) is 0. The third-order valence-electron chi connectivity index (χ3n) is 3.15. The molecule has 1 heterocycles. The van der Waals surface area contributed by atoms with Crippen molar-refractivity contribution >= 4 is 17.9 Å². The van der Waals surface area contributed by atoms with Gasteiger partial charge in [-0.3, -0.25) is 0 Å². The summed E-state index contributed by atoms with van der Waals surface area (Å²) >= 11 is 0. The summed E-state index contributed by atoms with van der Waals surface area (Å²) in [5.41, 5.74) is 1.54. The van der Waals surface area contributed by atoms with Gasteiger partial charge in [0, 0.05) is 5.56 Å². The Bertz CT molecular complexity index is 779. The van der Waals surface area contributed by atoms with E-state index in [9.17, 15) is 9.90 Å². The van der Waals surface area contributed by atoms with Crippen molar-refractivity contribution in [3.05, 3.63) is 65.4 Å². The Kier molecular flexibility index (Phi) is 3.62. The standard InChI is InChI=1S/C17H13NO4/c1-21-15-8-7-11(10-14(15)19)9-13-17(20)22-16(18-13)12-5-3-2-4-6-12/h2-10,19H,1H3/b13-9-. The van der Waals surface area contributed by atoms with Crippen LogP contribution in [0.3, 0.4) is 0 Å². The van der Waals surface area contributed by atoms with Crippen molar-refractivity contribution in [2.75, 3.05) is 7.11 Å². The van der Waals surface area contributed by atoms with Gasteiger partial charge in [-0.1, -0.05) is 24.3 Å². The summed E-state index contributed by atoms with van der Waals surface area (Å²) < 4.78 is 10.1. The van der Waals surface area contributed by atoms with Crippen molar-refractivity contribution in [1.29, 1.82) is 0 Å². The molecule has 5 nitrogen and oxygen atoms in total. The van der Waals surface area contributed by atoms with E-state index < -0.39 is 5.97 Å². The van der Waals surface area contributed by atoms with Gasteiger partial charge in [0.25, 0.3) is 0 Å². The minimum Gasteiger partial charge on any atom is -0.504 e. The van der Waals surface area contributed by atoms with Crippen LogP contribution < -0.4 is 4.74 Å². The second kappa shape index (κ2) is 5.73. The van der Waals surface area contributed by atoms with Gasteiger partial charge in [0.2, 0.25) is 5.90 Å². The molecule has 0 spiro atoms. The van der Waals surface area contributed by atoms with E-state index in [1.165, 1.54) is 13.2 Å². The van der Waals surface area contributed by atoms with Gasteiger partial charge >= 0.3 is 5.97 Å². The summed E-state index contributed by atoms with van der Waals surface area (Å²) in [4.78, 5) is 16.1. The van der Waals surface area contributed by atoms with Gasteiger partial charge in [0.05, 0.1) is 7.11 Å². The van der Waals surface area contributed by atoms with Crippen molar-refractivity contribution in [2.24, 2.45) is 4.99 Å². The van der Waals surface area contributed by atoms with Gasteiger partial charge < -0.3 is 14.6 Å². The van der Waals surface area contributed by atoms with Crippen molar-refractivity contribution < 1.29 is 19.4 Å². The molecule has 0 saturated carbocycles. The average molecular weight is 295 g/mol. The molecule has 5 heteroatoms. The molecule has 0 bridgehead atoms. The smallest absolute Gasteiger partial charge is 0.363 e. The van der Waals surface area contributed by atoms with Gasteiger partial charge in [0.1, 0.15) is 0 Å². The van der Waals surface area contributed by atoms with Crippen LogP contribution in [0.4, 0.5) is 0 Å². The second-order valence-corrected chi connectivity index (χ2v) is 4.63. The van der Waals surface area contributed by atoms with Crippen molar-refractivity contribution in [3.63, 3.8) is 0 Å². The highest BCUT2D eigenvalue weighted by Crippen LogP contribution is 2.28. The number of ether oxygens (including phenoxy) is 2. The molecule has 2 aromatic carbocycles. The number of cyclic esters (lactones) is 1. The zero-order chi connectivity index (χ0) is 15.5. The van der Waals surface area contributed by atoms with Crippen molar-refractivity contribution in [2.45, 2.75) is 0 Å². The fraction of sp³-hybridized carbons (Fsp3) is 0.0588. The summed E-state index contributed by atoms with van der Waals surface area (Å²) in [6.07, 6.45) is 1.55. The number of carbonyl (C=O) groups excluding carboxylic acids is 1. The average Bonchev–Trinajstić information content (AvgIpc) is 2.89. The minimum absolute atomic E-state index is 0.00419. The van der Waals surface area contributed by atoms with E-state index in [4.69, 9.17) is 9.47 Å². The molecule has 2 aromatic rings. The van der Waals surface area contributed by atoms with Crippen LogP contribution in [0, 0.1) is 0 Å². The van der Waals surface area contributed by atoms with E-state index in [0.29, 0.717) is 11.3 Å². The van der Waals surface area contributed by atoms with Crippen LogP contribution in [0.2, 0.25) is 0 Å². The number of nitrogens with zero attached hydrogens (tertiary/aromatic N) is 1. The number of rotatable bonds is 3. The monoisotopic (exact) mass is 295 g/mol. The number of phenols is 1. The van der Waals surface area contributed by atoms with Crippen molar-refractivity contribution in [3.8, 4) is 11.5 Å². The molecule has 0 aliphatic carbocycles. The highest BCUT2D eigenvalue weighted by atomic mass is 16.6. The Balaban J connectivity index is 1.92. The zero-order valence-corrected chi connectivity index (χ0v) is 11.8. The summed E-state index contributed by atoms with van der Waals surface area (Å²) in [5.74, 6) is 0.115. The topological polar surface area (TPSA) is 68.1 Å². The van der Waals surface area contributed by atoms with Crippen LogP contribution in [0.15, 0.2) is 59.2 Å². The quantitative estimate of drug-likeness (QED) is 0.698. The molecule has 22 heavy (non-hydrogen) atoms. The third-order valence-corrected chi connectivity index (χ3v) is 3.15. The van der Waals surface area contributed by atoms with Crippen LogP contribution in [0.1, 0.15) is 11.1 Å². The number of esters is 1. The lowest BCUT2D eigenvalue weighted by molar-refractivity contribution is -0.129. The molecule has 3 rings (SSSR count). The SMILES string of the molecule is COc1ccc(/C=C2\N=C(c3ccccc3)OC2=O)cc1O. The fourth-order valence-electron chi connectivity index (χ4n) is 2.07. The van der Waals surface area contributed by atoms with Gasteiger partial charge in [-0.2, -0.15) is 0 Å². The number of aromatic hydroxyl groups is 1. The van der Waals surface area contributed by atoms with Crippen molar-refractivity contribution in [1.82, 2.24) is 0 Å². The van der Waals surface area contributed by atoms with E-state index in [1.54, 1.807) is 18.2 Å². The Labute approximate surface area is 127 Å². The summed E-state index contributed by atoms with van der Waals surface area (Å²) in [5, 5.41) is 9.75. The first kappa shape index (κ1) is 13.9. The second-order valence-electron chi connectivity index (χ2n) is 4.63. The predicted octanol–water partition coefficient (Wildman–Crippen LogP) is 2.75. The number of aliphatic imine (C=N–C) groups is 1. The van der Waals surface area contributed by atoms with Crippen LogP contribution in [0.25, 0.3) is 6.08 Å². The van der Waals surface area contributed by atoms with E-state index in [0.717, 1.165) is 5.56 Å². The Morgan fingerprint density at radius 3 is 2.64 bits per heavy atom. The minimum atomic E-state index is -0.519. The van der Waals surface area contributed by atoms with Crippen LogP contribution in [-0.2, 0) is 9.53 Å². The molecule has 110 valence electrons. The lowest BCUT2D eigenvalue weighted by Crippen LogP contribution is -2.04. The van der Waals surface area contributed by atoms with Gasteiger partial charge in [-0.15, -0.1) is 0 Å². The molecular formula is C17H13NO4. The molecule has 0 unspecified atom stereocenters. The molecule has 1 aliphatic rings. The maximum atomic E-state index is 11.9. The van der Waals surface area contributed by atoms with E-state index in [1.807, 2.05) is 30.3 Å². The van der Waals surface area contributed by atoms with Gasteiger partial charge in [-0.25, -0.2) is 9.79 Å². The first-order valence-electron chi connectivity index (χ1n) is 6.62. The molecule has 1 aliphatic heterocycles. The lowest BCUT2D eigenvalue weighted by Gasteiger charge is -2.03. The molecule has 0 atom stereocenters. The van der Waals surface area contributed by atoms with Gasteiger partial charge in [-0.05, 0) is 35.9 Å². The molecule has 0 amide bonds. The number of carbonyl (C=O) groups is 1. The molecular weight excluding hydrogens is 282 g/mol. The molecule has 0 fully saturated rings. The van der Waals surface area contributed by atoms with E-state index in [2.05, 4.69) is 4.99 Å². The number of phenolic OH excluding ortho intramolecular Hbond substituents is 1. The number of hydrogen-bond acceptors (Lipinski definition) is 5. The summed E-state index contributed by atoms with van der Waals surface area (Å²) in [7, 11) is 1.47. The number of hydrogen-bond donors (Lipinski definition) is 1. The molecule has 1 N–H and O–H groups in total. The maximum absolute atomic E-state index is 11.9. The molecule has 0 aromatic heterocycles. The highest BCUT2D eigenvalue weighted by Gasteiger charge is 2.23. The highest BCUT2D eigenvalue weighted by molar-refractivity contribution is 6.12. The predicted molar refractivity (Wildman–Crippen MR) is 81.7 cm³/mol. The van der Waals surface area contributed by atoms with Crippen LogP contribution in [0.5, 0.6) is 11.5 Å². The largest absolute Gasteiger partial charge is 0.504 e. The Morgan fingerprint density at radius 1 is 1.18 bits per heavy atom. The van der Waals surface area contributed by atoms with Crippen LogP contribution in [-0.4, -0.2) is 24.1 Å². The lowest BCUT2D eigenvalue weighted by atomic mass is 10.1. The normalized spacial score (nSPS) is 15.6.